The van der Waals surface area contributed by atoms with E-state index in [9.17, 15) is 4.79 Å². The monoisotopic (exact) mass is 238 g/mol. The van der Waals surface area contributed by atoms with Crippen LogP contribution in [0.15, 0.2) is 16.8 Å². The summed E-state index contributed by atoms with van der Waals surface area (Å²) in [5, 5.41) is 4.32. The fourth-order valence-electron chi connectivity index (χ4n) is 2.02. The minimum atomic E-state index is 0.287. The van der Waals surface area contributed by atoms with E-state index in [0.717, 1.165) is 32.7 Å². The van der Waals surface area contributed by atoms with Crippen LogP contribution < -0.4 is 0 Å². The summed E-state index contributed by atoms with van der Waals surface area (Å²) in [6, 6.07) is 2.17. The molecule has 0 radical (unpaired) electrons. The van der Waals surface area contributed by atoms with Crippen molar-refractivity contribution in [2.75, 3.05) is 26.2 Å². The molecule has 0 bridgehead atoms. The van der Waals surface area contributed by atoms with Gasteiger partial charge < -0.3 is 4.90 Å². The topological polar surface area (TPSA) is 23.6 Å². The van der Waals surface area contributed by atoms with Gasteiger partial charge in [0, 0.05) is 39.1 Å². The summed E-state index contributed by atoms with van der Waals surface area (Å²) in [7, 11) is 0. The van der Waals surface area contributed by atoms with Gasteiger partial charge in [0.05, 0.1) is 0 Å². The summed E-state index contributed by atoms with van der Waals surface area (Å²) in [5.41, 5.74) is 1.39. The van der Waals surface area contributed by atoms with E-state index in [2.05, 4.69) is 21.7 Å². The van der Waals surface area contributed by atoms with Crippen LogP contribution in [-0.2, 0) is 11.3 Å². The highest BCUT2D eigenvalue weighted by atomic mass is 32.1. The zero-order chi connectivity index (χ0) is 11.4. The zero-order valence-electron chi connectivity index (χ0n) is 9.69. The van der Waals surface area contributed by atoms with E-state index in [1.165, 1.54) is 5.56 Å². The van der Waals surface area contributed by atoms with E-state index in [1.807, 2.05) is 11.8 Å². The Labute approximate surface area is 101 Å². The summed E-state index contributed by atoms with van der Waals surface area (Å²) < 4.78 is 0. The van der Waals surface area contributed by atoms with Gasteiger partial charge in [-0.1, -0.05) is 6.92 Å². The fourth-order valence-corrected chi connectivity index (χ4v) is 2.68. The number of rotatable bonds is 3. The first-order valence-electron chi connectivity index (χ1n) is 5.81. The predicted octanol–water partition coefficient (Wildman–Crippen LogP) is 1.80. The van der Waals surface area contributed by atoms with E-state index in [-0.39, 0.29) is 5.91 Å². The van der Waals surface area contributed by atoms with Gasteiger partial charge in [0.15, 0.2) is 0 Å². The Hall–Kier alpha value is -0.870. The Morgan fingerprint density at radius 1 is 1.38 bits per heavy atom. The zero-order valence-corrected chi connectivity index (χ0v) is 10.5. The van der Waals surface area contributed by atoms with Gasteiger partial charge in [0.1, 0.15) is 0 Å². The number of nitrogens with zero attached hydrogens (tertiary/aromatic N) is 2. The standard InChI is InChI=1S/C12H18N2OS/c1-2-12(15)14-6-4-13(5-7-14)9-11-3-8-16-10-11/h3,8,10H,2,4-7,9H2,1H3. The minimum Gasteiger partial charge on any atom is -0.340 e. The summed E-state index contributed by atoms with van der Waals surface area (Å²) in [4.78, 5) is 15.9. The molecule has 1 aromatic rings. The Bertz CT molecular complexity index is 329. The molecule has 0 N–H and O–H groups in total. The lowest BCUT2D eigenvalue weighted by Crippen LogP contribution is -2.48. The second kappa shape index (κ2) is 5.46. The Morgan fingerprint density at radius 2 is 2.12 bits per heavy atom. The summed E-state index contributed by atoms with van der Waals surface area (Å²) >= 11 is 1.75. The van der Waals surface area contributed by atoms with Crippen LogP contribution in [0.5, 0.6) is 0 Å². The van der Waals surface area contributed by atoms with Gasteiger partial charge in [-0.3, -0.25) is 9.69 Å². The summed E-state index contributed by atoms with van der Waals surface area (Å²) in [6.07, 6.45) is 0.629. The molecule has 1 saturated heterocycles. The molecule has 16 heavy (non-hydrogen) atoms. The second-order valence-corrected chi connectivity index (χ2v) is 4.92. The quantitative estimate of drug-likeness (QED) is 0.801. The lowest BCUT2D eigenvalue weighted by molar-refractivity contribution is -0.132. The second-order valence-electron chi connectivity index (χ2n) is 4.14. The van der Waals surface area contributed by atoms with Gasteiger partial charge in [-0.2, -0.15) is 11.3 Å². The van der Waals surface area contributed by atoms with Gasteiger partial charge in [-0.15, -0.1) is 0 Å². The number of thiophene rings is 1. The van der Waals surface area contributed by atoms with E-state index in [4.69, 9.17) is 0 Å². The molecule has 1 aromatic heterocycles. The average Bonchev–Trinajstić information content (AvgIpc) is 2.82. The molecule has 2 rings (SSSR count). The van der Waals surface area contributed by atoms with Crippen molar-refractivity contribution < 1.29 is 4.79 Å². The van der Waals surface area contributed by atoms with E-state index in [1.54, 1.807) is 11.3 Å². The molecule has 1 aliphatic heterocycles. The third kappa shape index (κ3) is 2.83. The largest absolute Gasteiger partial charge is 0.340 e. The highest BCUT2D eigenvalue weighted by molar-refractivity contribution is 7.07. The highest BCUT2D eigenvalue weighted by Crippen LogP contribution is 2.11. The molecule has 0 spiro atoms. The van der Waals surface area contributed by atoms with Crippen molar-refractivity contribution in [2.24, 2.45) is 0 Å². The molecule has 0 aliphatic carbocycles. The molecule has 0 atom stereocenters. The van der Waals surface area contributed by atoms with Gasteiger partial charge in [0.2, 0.25) is 5.91 Å². The predicted molar refractivity (Wildman–Crippen MR) is 66.5 cm³/mol. The van der Waals surface area contributed by atoms with Crippen LogP contribution in [-0.4, -0.2) is 41.9 Å². The third-order valence-electron chi connectivity index (χ3n) is 3.01. The van der Waals surface area contributed by atoms with Crippen molar-refractivity contribution in [1.29, 1.82) is 0 Å². The van der Waals surface area contributed by atoms with Gasteiger partial charge in [-0.05, 0) is 22.4 Å². The van der Waals surface area contributed by atoms with Crippen molar-refractivity contribution in [1.82, 2.24) is 9.80 Å². The van der Waals surface area contributed by atoms with Crippen LogP contribution in [0.2, 0.25) is 0 Å². The number of amides is 1. The molecule has 1 aliphatic rings. The van der Waals surface area contributed by atoms with Crippen molar-refractivity contribution in [3.05, 3.63) is 22.4 Å². The Kier molecular flexibility index (Phi) is 3.96. The molecular formula is C12H18N2OS. The number of hydrogen-bond acceptors (Lipinski definition) is 3. The fraction of sp³-hybridized carbons (Fsp3) is 0.583. The molecule has 88 valence electrons. The van der Waals surface area contributed by atoms with Gasteiger partial charge in [0.25, 0.3) is 0 Å². The molecule has 0 unspecified atom stereocenters. The first-order chi connectivity index (χ1) is 7.79. The summed E-state index contributed by atoms with van der Waals surface area (Å²) in [5.74, 6) is 0.287. The number of piperazine rings is 1. The normalized spacial score (nSPS) is 17.7. The number of carbonyl (C=O) groups is 1. The van der Waals surface area contributed by atoms with Gasteiger partial charge >= 0.3 is 0 Å². The number of carbonyl (C=O) groups excluding carboxylic acids is 1. The molecule has 3 nitrogen and oxygen atoms in total. The van der Waals surface area contributed by atoms with Crippen LogP contribution in [0.1, 0.15) is 18.9 Å². The Morgan fingerprint density at radius 3 is 2.69 bits per heavy atom. The molecule has 1 fully saturated rings. The SMILES string of the molecule is CCC(=O)N1CCN(Cc2ccsc2)CC1. The van der Waals surface area contributed by atoms with Crippen molar-refractivity contribution in [2.45, 2.75) is 19.9 Å². The molecule has 2 heterocycles. The van der Waals surface area contributed by atoms with Crippen LogP contribution in [0, 0.1) is 0 Å². The first kappa shape index (κ1) is 11.6. The van der Waals surface area contributed by atoms with Crippen LogP contribution in [0.4, 0.5) is 0 Å². The van der Waals surface area contributed by atoms with Crippen molar-refractivity contribution in [3.63, 3.8) is 0 Å². The number of hydrogen-bond donors (Lipinski definition) is 0. The van der Waals surface area contributed by atoms with Crippen molar-refractivity contribution >= 4 is 17.2 Å². The smallest absolute Gasteiger partial charge is 0.222 e. The average molecular weight is 238 g/mol. The maximum Gasteiger partial charge on any atom is 0.222 e. The molecule has 0 saturated carbocycles. The maximum atomic E-state index is 11.5. The molecule has 1 amide bonds. The summed E-state index contributed by atoms with van der Waals surface area (Å²) in [6.45, 7) is 6.73. The molecule has 0 aromatic carbocycles. The first-order valence-corrected chi connectivity index (χ1v) is 6.75. The van der Waals surface area contributed by atoms with E-state index < -0.39 is 0 Å². The third-order valence-corrected chi connectivity index (χ3v) is 3.75. The van der Waals surface area contributed by atoms with Crippen LogP contribution in [0.3, 0.4) is 0 Å². The van der Waals surface area contributed by atoms with Crippen molar-refractivity contribution in [3.8, 4) is 0 Å². The van der Waals surface area contributed by atoms with Crippen LogP contribution >= 0.6 is 11.3 Å². The minimum absolute atomic E-state index is 0.287. The lowest BCUT2D eigenvalue weighted by atomic mass is 10.2. The van der Waals surface area contributed by atoms with Crippen LogP contribution in [0.25, 0.3) is 0 Å². The van der Waals surface area contributed by atoms with E-state index >= 15 is 0 Å². The lowest BCUT2D eigenvalue weighted by Gasteiger charge is -2.34. The van der Waals surface area contributed by atoms with Gasteiger partial charge in [-0.25, -0.2) is 0 Å². The highest BCUT2D eigenvalue weighted by Gasteiger charge is 2.19. The Balaban J connectivity index is 1.79. The maximum absolute atomic E-state index is 11.5. The molecule has 4 heteroatoms. The van der Waals surface area contributed by atoms with E-state index in [0.29, 0.717) is 6.42 Å². The molecular weight excluding hydrogens is 220 g/mol.